The van der Waals surface area contributed by atoms with E-state index in [-0.39, 0.29) is 36.1 Å². The van der Waals surface area contributed by atoms with Crippen LogP contribution in [0.4, 0.5) is 0 Å². The third-order valence-corrected chi connectivity index (χ3v) is 5.91. The average Bonchev–Trinajstić information content (AvgIpc) is 3.34. The highest BCUT2D eigenvalue weighted by atomic mass is 16.5. The fourth-order valence-electron chi connectivity index (χ4n) is 4.23. The maximum atomic E-state index is 13.1. The summed E-state index contributed by atoms with van der Waals surface area (Å²) in [7, 11) is 0. The van der Waals surface area contributed by atoms with E-state index in [9.17, 15) is 9.59 Å². The van der Waals surface area contributed by atoms with Crippen LogP contribution in [0.1, 0.15) is 52.9 Å². The van der Waals surface area contributed by atoms with Gasteiger partial charge in [-0.3, -0.25) is 9.59 Å². The number of carbonyl (C=O) groups excluding carboxylic acids is 2. The van der Waals surface area contributed by atoms with Crippen molar-refractivity contribution in [2.24, 2.45) is 5.92 Å². The highest BCUT2D eigenvalue weighted by molar-refractivity contribution is 5.91. The van der Waals surface area contributed by atoms with Crippen molar-refractivity contribution in [2.45, 2.75) is 32.9 Å². The van der Waals surface area contributed by atoms with Crippen LogP contribution in [0.5, 0.6) is 5.75 Å². The second-order valence-corrected chi connectivity index (χ2v) is 8.66. The van der Waals surface area contributed by atoms with Crippen molar-refractivity contribution in [3.63, 3.8) is 0 Å². The third-order valence-electron chi connectivity index (χ3n) is 5.91. The molecule has 1 aliphatic rings. The zero-order chi connectivity index (χ0) is 24.1. The number of rotatable bonds is 8. The predicted molar refractivity (Wildman–Crippen MR) is 131 cm³/mol. The number of hydrogen-bond donors (Lipinski definition) is 1. The van der Waals surface area contributed by atoms with Gasteiger partial charge in [-0.15, -0.1) is 6.58 Å². The minimum atomic E-state index is -0.291. The number of ether oxygens (including phenoxy) is 1. The number of carbonyl (C=O) groups is 2. The van der Waals surface area contributed by atoms with Crippen LogP contribution in [-0.2, 0) is 17.8 Å². The smallest absolute Gasteiger partial charge is 0.287 e. The van der Waals surface area contributed by atoms with Crippen molar-refractivity contribution in [1.82, 2.24) is 10.2 Å². The van der Waals surface area contributed by atoms with Crippen LogP contribution in [-0.4, -0.2) is 29.8 Å². The molecule has 1 aliphatic heterocycles. The summed E-state index contributed by atoms with van der Waals surface area (Å²) in [6, 6.07) is 19.4. The van der Waals surface area contributed by atoms with Crippen LogP contribution < -0.4 is 10.1 Å². The van der Waals surface area contributed by atoms with Crippen molar-refractivity contribution in [3.8, 4) is 5.75 Å². The molecule has 4 rings (SSSR count). The molecule has 176 valence electrons. The number of fused-ring (bicyclic) bond motifs is 1. The predicted octanol–water partition coefficient (Wildman–Crippen LogP) is 4.90. The maximum absolute atomic E-state index is 13.1. The summed E-state index contributed by atoms with van der Waals surface area (Å²) in [5.41, 5.74) is 3.37. The zero-order valence-corrected chi connectivity index (χ0v) is 19.6. The van der Waals surface area contributed by atoms with E-state index < -0.39 is 0 Å². The largest absolute Gasteiger partial charge is 0.486 e. The van der Waals surface area contributed by atoms with Gasteiger partial charge in [0.1, 0.15) is 18.1 Å². The molecule has 2 amide bonds. The Morgan fingerprint density at radius 1 is 1.18 bits per heavy atom. The lowest BCUT2D eigenvalue weighted by molar-refractivity contribution is -0.136. The molecule has 0 spiro atoms. The topological polar surface area (TPSA) is 71.8 Å². The van der Waals surface area contributed by atoms with Crippen LogP contribution in [0.25, 0.3) is 0 Å². The Balaban J connectivity index is 1.56. The highest BCUT2D eigenvalue weighted by Gasteiger charge is 2.33. The maximum Gasteiger partial charge on any atom is 0.287 e. The van der Waals surface area contributed by atoms with Gasteiger partial charge in [-0.05, 0) is 47.4 Å². The number of benzene rings is 2. The molecule has 0 radical (unpaired) electrons. The van der Waals surface area contributed by atoms with Crippen molar-refractivity contribution < 1.29 is 18.7 Å². The number of nitrogens with zero attached hydrogens (tertiary/aromatic N) is 1. The molecule has 0 unspecified atom stereocenters. The Morgan fingerprint density at radius 2 is 1.97 bits per heavy atom. The molecule has 6 nitrogen and oxygen atoms in total. The van der Waals surface area contributed by atoms with Crippen LogP contribution >= 0.6 is 0 Å². The van der Waals surface area contributed by atoms with Crippen molar-refractivity contribution in [1.29, 1.82) is 0 Å². The van der Waals surface area contributed by atoms with Crippen molar-refractivity contribution in [3.05, 3.63) is 102 Å². The van der Waals surface area contributed by atoms with E-state index in [1.807, 2.05) is 49.1 Å². The quantitative estimate of drug-likeness (QED) is 0.487. The van der Waals surface area contributed by atoms with E-state index in [1.54, 1.807) is 18.2 Å². The highest BCUT2D eigenvalue weighted by Crippen LogP contribution is 2.38. The van der Waals surface area contributed by atoms with E-state index in [4.69, 9.17) is 9.15 Å². The fourth-order valence-corrected chi connectivity index (χ4v) is 4.23. The van der Waals surface area contributed by atoms with Crippen LogP contribution in [0, 0.1) is 5.92 Å². The Labute approximate surface area is 200 Å². The molecule has 2 heterocycles. The SMILES string of the molecule is C=CCNC(=O)c1ccc(COc2ccc3c(c2)[C@H](c2ccccc2)N(C(=O)C(C)C)CC3)o1. The summed E-state index contributed by atoms with van der Waals surface area (Å²) in [6.45, 7) is 8.72. The summed E-state index contributed by atoms with van der Waals surface area (Å²) in [5, 5.41) is 2.69. The van der Waals surface area contributed by atoms with E-state index in [1.165, 1.54) is 5.56 Å². The van der Waals surface area contributed by atoms with Gasteiger partial charge in [0, 0.05) is 19.0 Å². The van der Waals surface area contributed by atoms with Gasteiger partial charge in [0.15, 0.2) is 5.76 Å². The molecule has 0 aliphatic carbocycles. The van der Waals surface area contributed by atoms with Crippen LogP contribution in [0.3, 0.4) is 0 Å². The minimum absolute atomic E-state index is 0.0796. The van der Waals surface area contributed by atoms with E-state index >= 15 is 0 Å². The first kappa shape index (κ1) is 23.4. The van der Waals surface area contributed by atoms with Crippen molar-refractivity contribution >= 4 is 11.8 Å². The lowest BCUT2D eigenvalue weighted by Gasteiger charge is -2.39. The summed E-state index contributed by atoms with van der Waals surface area (Å²) in [5.74, 6) is 1.25. The third kappa shape index (κ3) is 5.06. The van der Waals surface area contributed by atoms with Gasteiger partial charge in [-0.25, -0.2) is 0 Å². The van der Waals surface area contributed by atoms with Gasteiger partial charge >= 0.3 is 0 Å². The van der Waals surface area contributed by atoms with Crippen LogP contribution in [0.15, 0.2) is 77.7 Å². The molecular weight excluding hydrogens is 428 g/mol. The van der Waals surface area contributed by atoms with Gasteiger partial charge in [0.25, 0.3) is 5.91 Å². The fraction of sp³-hybridized carbons (Fsp3) is 0.286. The summed E-state index contributed by atoms with van der Waals surface area (Å²) < 4.78 is 11.6. The normalized spacial score (nSPS) is 15.0. The van der Waals surface area contributed by atoms with Gasteiger partial charge in [0.2, 0.25) is 5.91 Å². The lowest BCUT2D eigenvalue weighted by atomic mass is 9.87. The Hall–Kier alpha value is -3.80. The monoisotopic (exact) mass is 458 g/mol. The second-order valence-electron chi connectivity index (χ2n) is 8.66. The first-order valence-electron chi connectivity index (χ1n) is 11.6. The molecule has 1 N–H and O–H groups in total. The molecule has 0 fully saturated rings. The number of amides is 2. The van der Waals surface area contributed by atoms with Gasteiger partial charge in [0.05, 0.1) is 6.04 Å². The van der Waals surface area contributed by atoms with E-state index in [2.05, 4.69) is 30.1 Å². The molecular formula is C28H30N2O4. The number of furan rings is 1. The standard InChI is InChI=1S/C28H30N2O4/c1-4-15-29-27(31)25-13-12-23(34-25)18-33-22-11-10-20-14-16-30(28(32)19(2)3)26(24(20)17-22)21-8-6-5-7-9-21/h4-13,17,19,26H,1,14-16,18H2,2-3H3,(H,29,31)/t26-/m0/s1. The first-order valence-corrected chi connectivity index (χ1v) is 11.6. The lowest BCUT2D eigenvalue weighted by Crippen LogP contribution is -2.42. The van der Waals surface area contributed by atoms with E-state index in [0.29, 0.717) is 24.6 Å². The van der Waals surface area contributed by atoms with Gasteiger partial charge in [-0.2, -0.15) is 0 Å². The average molecular weight is 459 g/mol. The minimum Gasteiger partial charge on any atom is -0.486 e. The zero-order valence-electron chi connectivity index (χ0n) is 19.6. The Kier molecular flexibility index (Phi) is 7.16. The van der Waals surface area contributed by atoms with Crippen molar-refractivity contribution in [2.75, 3.05) is 13.1 Å². The van der Waals surface area contributed by atoms with Gasteiger partial charge in [-0.1, -0.05) is 56.3 Å². The summed E-state index contributed by atoms with van der Waals surface area (Å²) in [4.78, 5) is 27.1. The Bertz CT molecular complexity index is 1170. The first-order chi connectivity index (χ1) is 16.5. The molecule has 34 heavy (non-hydrogen) atoms. The number of hydrogen-bond acceptors (Lipinski definition) is 4. The molecule has 0 saturated heterocycles. The number of nitrogens with one attached hydrogen (secondary N) is 1. The summed E-state index contributed by atoms with van der Waals surface area (Å²) >= 11 is 0. The molecule has 1 aromatic heterocycles. The molecule has 2 aromatic carbocycles. The molecule has 3 aromatic rings. The van der Waals surface area contributed by atoms with Gasteiger partial charge < -0.3 is 19.4 Å². The Morgan fingerprint density at radius 3 is 2.71 bits per heavy atom. The van der Waals surface area contributed by atoms with E-state index in [0.717, 1.165) is 17.5 Å². The summed E-state index contributed by atoms with van der Waals surface area (Å²) in [6.07, 6.45) is 2.41. The molecule has 0 bridgehead atoms. The van der Waals surface area contributed by atoms with Crippen LogP contribution in [0.2, 0.25) is 0 Å². The second kappa shape index (κ2) is 10.4. The molecule has 1 atom stereocenters. The molecule has 6 heteroatoms. The molecule has 0 saturated carbocycles.